The molecule has 7 nitrogen and oxygen atoms in total. The van der Waals surface area contributed by atoms with Gasteiger partial charge in [-0.3, -0.25) is 13.9 Å². The van der Waals surface area contributed by atoms with Gasteiger partial charge in [-0.25, -0.2) is 9.79 Å². The number of carbonyl (C=O) groups is 1. The second kappa shape index (κ2) is 8.61. The van der Waals surface area contributed by atoms with Crippen LogP contribution in [0.5, 0.6) is 0 Å². The molecule has 0 radical (unpaired) electrons. The highest BCUT2D eigenvalue weighted by molar-refractivity contribution is 7.71. The molecular weight excluding hydrogens is 316 g/mol. The number of nitrogens with zero attached hydrogens (tertiary/aromatic N) is 3. The summed E-state index contributed by atoms with van der Waals surface area (Å²) >= 11 is 5.31. The molecular formula is C15H24N4O3S. The number of carbonyl (C=O) groups excluding carboxylic acids is 1. The van der Waals surface area contributed by atoms with Gasteiger partial charge in [0.25, 0.3) is 0 Å². The van der Waals surface area contributed by atoms with Crippen LogP contribution in [0, 0.1) is 4.64 Å². The highest BCUT2D eigenvalue weighted by Gasteiger charge is 2.13. The monoisotopic (exact) mass is 340 g/mol. The van der Waals surface area contributed by atoms with E-state index in [4.69, 9.17) is 17.0 Å². The first kappa shape index (κ1) is 19.1. The molecule has 1 rings (SSSR count). The van der Waals surface area contributed by atoms with Crippen molar-refractivity contribution in [2.75, 3.05) is 11.9 Å². The van der Waals surface area contributed by atoms with E-state index in [0.29, 0.717) is 22.7 Å². The molecule has 1 aromatic heterocycles. The zero-order valence-electron chi connectivity index (χ0n) is 14.3. The summed E-state index contributed by atoms with van der Waals surface area (Å²) in [6, 6.07) is 0. The highest BCUT2D eigenvalue weighted by atomic mass is 32.1. The summed E-state index contributed by atoms with van der Waals surface area (Å²) in [4.78, 5) is 28.0. The second-order valence-corrected chi connectivity index (χ2v) is 5.56. The predicted molar refractivity (Wildman–Crippen MR) is 94.3 cm³/mol. The smallest absolute Gasteiger partial charge is 0.330 e. The fourth-order valence-electron chi connectivity index (χ4n) is 1.92. The van der Waals surface area contributed by atoms with Gasteiger partial charge in [-0.2, -0.15) is 0 Å². The van der Waals surface area contributed by atoms with E-state index in [2.05, 4.69) is 10.3 Å². The Morgan fingerprint density at radius 1 is 1.43 bits per heavy atom. The fourth-order valence-corrected chi connectivity index (χ4v) is 2.16. The molecule has 23 heavy (non-hydrogen) atoms. The third-order valence-electron chi connectivity index (χ3n) is 3.42. The molecule has 0 aromatic carbocycles. The average Bonchev–Trinajstić information content (AvgIpc) is 2.53. The van der Waals surface area contributed by atoms with Gasteiger partial charge in [0.2, 0.25) is 0 Å². The van der Waals surface area contributed by atoms with Crippen molar-refractivity contribution in [2.45, 2.75) is 39.7 Å². The Balaban J connectivity index is 2.95. The summed E-state index contributed by atoms with van der Waals surface area (Å²) in [7, 11) is 3.23. The quantitative estimate of drug-likeness (QED) is 0.468. The lowest BCUT2D eigenvalue weighted by molar-refractivity contribution is -0.147. The maximum absolute atomic E-state index is 12.1. The number of anilines is 1. The van der Waals surface area contributed by atoms with E-state index in [-0.39, 0.29) is 24.2 Å². The maximum Gasteiger partial charge on any atom is 0.330 e. The highest BCUT2D eigenvalue weighted by Crippen LogP contribution is 2.23. The van der Waals surface area contributed by atoms with Gasteiger partial charge in [-0.05, 0) is 20.3 Å². The molecule has 1 unspecified atom stereocenters. The van der Waals surface area contributed by atoms with Crippen molar-refractivity contribution in [1.29, 1.82) is 0 Å². The lowest BCUT2D eigenvalue weighted by Gasteiger charge is -2.15. The van der Waals surface area contributed by atoms with Crippen LogP contribution in [0.25, 0.3) is 0 Å². The zero-order valence-corrected chi connectivity index (χ0v) is 15.1. The predicted octanol–water partition coefficient (Wildman–Crippen LogP) is 2.32. The first-order valence-electron chi connectivity index (χ1n) is 7.55. The molecule has 0 fully saturated rings. The number of esters is 1. The van der Waals surface area contributed by atoms with Crippen LogP contribution in [0.3, 0.4) is 0 Å². The van der Waals surface area contributed by atoms with Crippen LogP contribution >= 0.6 is 12.2 Å². The minimum atomic E-state index is -0.271. The SMILES string of the molecule is C/C=N\c1c(NCCC(=O)OC(C)CC)c(=S)n(C)c(=O)n1C. The van der Waals surface area contributed by atoms with E-state index < -0.39 is 0 Å². The summed E-state index contributed by atoms with van der Waals surface area (Å²) < 4.78 is 8.35. The van der Waals surface area contributed by atoms with Crippen LogP contribution in [0.15, 0.2) is 9.79 Å². The normalized spacial score (nSPS) is 12.4. The molecule has 1 N–H and O–H groups in total. The fraction of sp³-hybridized carbons (Fsp3) is 0.600. The van der Waals surface area contributed by atoms with Gasteiger partial charge in [-0.1, -0.05) is 19.1 Å². The summed E-state index contributed by atoms with van der Waals surface area (Å²) in [6.07, 6.45) is 2.49. The standard InChI is InChI=1S/C15H24N4O3S/c1-6-10(3)22-11(20)8-9-17-12-13(16-7-2)18(4)15(21)19(5)14(12)23/h7,10,17H,6,8-9H2,1-5H3/b16-7-. The molecule has 0 aliphatic heterocycles. The molecule has 0 aliphatic rings. The zero-order chi connectivity index (χ0) is 17.6. The van der Waals surface area contributed by atoms with Gasteiger partial charge in [0.1, 0.15) is 10.3 Å². The van der Waals surface area contributed by atoms with Gasteiger partial charge in [0.05, 0.1) is 12.5 Å². The number of aliphatic imine (C=N–C) groups is 1. The van der Waals surface area contributed by atoms with E-state index in [1.54, 1.807) is 27.2 Å². The molecule has 0 amide bonds. The molecule has 0 saturated heterocycles. The molecule has 0 saturated carbocycles. The van der Waals surface area contributed by atoms with E-state index in [9.17, 15) is 9.59 Å². The lowest BCUT2D eigenvalue weighted by Crippen LogP contribution is -2.29. The van der Waals surface area contributed by atoms with Crippen molar-refractivity contribution in [3.63, 3.8) is 0 Å². The summed E-state index contributed by atoms with van der Waals surface area (Å²) in [5, 5.41) is 3.10. The number of aromatic nitrogens is 2. The minimum absolute atomic E-state index is 0.0902. The van der Waals surface area contributed by atoms with Crippen LogP contribution in [0.4, 0.5) is 11.5 Å². The van der Waals surface area contributed by atoms with E-state index in [1.807, 2.05) is 13.8 Å². The maximum atomic E-state index is 12.1. The number of ether oxygens (including phenoxy) is 1. The van der Waals surface area contributed by atoms with Crippen molar-refractivity contribution >= 4 is 35.9 Å². The first-order chi connectivity index (χ1) is 10.8. The Morgan fingerprint density at radius 2 is 2.09 bits per heavy atom. The van der Waals surface area contributed by atoms with Gasteiger partial charge in [-0.15, -0.1) is 0 Å². The molecule has 1 heterocycles. The van der Waals surface area contributed by atoms with Crippen LogP contribution < -0.4 is 11.0 Å². The molecule has 0 spiro atoms. The van der Waals surface area contributed by atoms with Crippen LogP contribution in [0.1, 0.15) is 33.6 Å². The van der Waals surface area contributed by atoms with Gasteiger partial charge in [0.15, 0.2) is 5.82 Å². The van der Waals surface area contributed by atoms with Gasteiger partial charge >= 0.3 is 11.7 Å². The first-order valence-corrected chi connectivity index (χ1v) is 7.96. The molecule has 0 aliphatic carbocycles. The topological polar surface area (TPSA) is 77.6 Å². The summed E-state index contributed by atoms with van der Waals surface area (Å²) in [5.41, 5.74) is 0.302. The van der Waals surface area contributed by atoms with Crippen LogP contribution in [-0.4, -0.2) is 34.0 Å². The Labute approximate surface area is 141 Å². The van der Waals surface area contributed by atoms with Crippen molar-refractivity contribution in [2.24, 2.45) is 19.1 Å². The number of rotatable bonds is 7. The third kappa shape index (κ3) is 4.75. The van der Waals surface area contributed by atoms with Crippen molar-refractivity contribution in [3.8, 4) is 0 Å². The van der Waals surface area contributed by atoms with E-state index >= 15 is 0 Å². The van der Waals surface area contributed by atoms with Crippen LogP contribution in [-0.2, 0) is 23.6 Å². The Hall–Kier alpha value is -1.96. The van der Waals surface area contributed by atoms with Crippen molar-refractivity contribution in [1.82, 2.24) is 9.13 Å². The number of hydrogen-bond acceptors (Lipinski definition) is 6. The molecule has 128 valence electrons. The Morgan fingerprint density at radius 3 is 2.65 bits per heavy atom. The minimum Gasteiger partial charge on any atom is -0.463 e. The Kier molecular flexibility index (Phi) is 7.15. The van der Waals surface area contributed by atoms with Crippen molar-refractivity contribution in [3.05, 3.63) is 15.1 Å². The van der Waals surface area contributed by atoms with E-state index in [0.717, 1.165) is 6.42 Å². The molecule has 8 heteroatoms. The third-order valence-corrected chi connectivity index (χ3v) is 3.90. The molecule has 1 aromatic rings. The largest absolute Gasteiger partial charge is 0.463 e. The van der Waals surface area contributed by atoms with Gasteiger partial charge in [0, 0.05) is 26.9 Å². The summed E-state index contributed by atoms with van der Waals surface area (Å²) in [5.74, 6) is 0.170. The second-order valence-electron chi connectivity index (χ2n) is 5.18. The Bertz CT molecular complexity index is 706. The van der Waals surface area contributed by atoms with Crippen molar-refractivity contribution < 1.29 is 9.53 Å². The number of nitrogens with one attached hydrogen (secondary N) is 1. The summed E-state index contributed by atoms with van der Waals surface area (Å²) in [6.45, 7) is 5.92. The lowest BCUT2D eigenvalue weighted by atomic mass is 10.3. The van der Waals surface area contributed by atoms with Gasteiger partial charge < -0.3 is 10.1 Å². The average molecular weight is 340 g/mol. The number of hydrogen-bond donors (Lipinski definition) is 1. The van der Waals surface area contributed by atoms with Crippen LogP contribution in [0.2, 0.25) is 0 Å². The molecule has 1 atom stereocenters. The van der Waals surface area contributed by atoms with E-state index in [1.165, 1.54) is 9.13 Å². The molecule has 0 bridgehead atoms.